The topological polar surface area (TPSA) is 41.6 Å². The van der Waals surface area contributed by atoms with E-state index < -0.39 is 0 Å². The van der Waals surface area contributed by atoms with Gasteiger partial charge in [0.15, 0.2) is 5.43 Å². The first-order valence-electron chi connectivity index (χ1n) is 8.67. The Bertz CT molecular complexity index is 932. The lowest BCUT2D eigenvalue weighted by molar-refractivity contribution is 0.316. The third-order valence-electron chi connectivity index (χ3n) is 4.53. The van der Waals surface area contributed by atoms with Crippen LogP contribution in [0.1, 0.15) is 13.8 Å². The van der Waals surface area contributed by atoms with Crippen molar-refractivity contribution in [1.29, 1.82) is 0 Å². The van der Waals surface area contributed by atoms with Gasteiger partial charge in [-0.05, 0) is 49.5 Å². The molecular formula is C20H24N2O2S. The van der Waals surface area contributed by atoms with E-state index >= 15 is 0 Å². The molecule has 3 aromatic rings. The van der Waals surface area contributed by atoms with Gasteiger partial charge in [0, 0.05) is 38.9 Å². The van der Waals surface area contributed by atoms with Crippen LogP contribution in [-0.2, 0) is 0 Å². The summed E-state index contributed by atoms with van der Waals surface area (Å²) in [5, 5.41) is 4.95. The molecule has 0 bridgehead atoms. The molecular weight excluding hydrogens is 332 g/mol. The normalized spacial score (nSPS) is 11.4. The third-order valence-corrected chi connectivity index (χ3v) is 5.66. The molecule has 0 saturated carbocycles. The van der Waals surface area contributed by atoms with Crippen molar-refractivity contribution >= 4 is 37.2 Å². The Labute approximate surface area is 152 Å². The summed E-state index contributed by atoms with van der Waals surface area (Å²) in [5.74, 6) is 0.714. The number of anilines is 1. The standard InChI is InChI=1S/C20H24N2O2S/c1-4-22(5-2)11-10-21-14-6-8-16-19(12-14)25-18-9-7-15(24-3)13-17(18)20(16)23/h6-9,12-13,21H,4-5,10-11H2,1-3H3. The fourth-order valence-electron chi connectivity index (χ4n) is 2.97. The molecule has 1 aromatic heterocycles. The van der Waals surface area contributed by atoms with Crippen molar-refractivity contribution in [3.05, 3.63) is 46.6 Å². The summed E-state index contributed by atoms with van der Waals surface area (Å²) in [6, 6.07) is 11.7. The summed E-state index contributed by atoms with van der Waals surface area (Å²) < 4.78 is 7.24. The maximum atomic E-state index is 12.8. The maximum absolute atomic E-state index is 12.8. The average molecular weight is 356 g/mol. The highest BCUT2D eigenvalue weighted by molar-refractivity contribution is 7.24. The molecule has 0 fully saturated rings. The van der Waals surface area contributed by atoms with Crippen molar-refractivity contribution in [3.8, 4) is 5.75 Å². The summed E-state index contributed by atoms with van der Waals surface area (Å²) in [6.07, 6.45) is 0. The number of fused-ring (bicyclic) bond motifs is 2. The number of nitrogens with one attached hydrogen (secondary N) is 1. The van der Waals surface area contributed by atoms with Crippen molar-refractivity contribution in [2.24, 2.45) is 0 Å². The first-order valence-corrected chi connectivity index (χ1v) is 9.48. The summed E-state index contributed by atoms with van der Waals surface area (Å²) in [6.45, 7) is 8.39. The van der Waals surface area contributed by atoms with Gasteiger partial charge in [-0.15, -0.1) is 11.3 Å². The average Bonchev–Trinajstić information content (AvgIpc) is 2.65. The Morgan fingerprint density at radius 2 is 1.84 bits per heavy atom. The second-order valence-corrected chi connectivity index (χ2v) is 7.04. The number of nitrogens with zero attached hydrogens (tertiary/aromatic N) is 1. The highest BCUT2D eigenvalue weighted by Crippen LogP contribution is 2.29. The monoisotopic (exact) mass is 356 g/mol. The minimum atomic E-state index is 0.0670. The van der Waals surface area contributed by atoms with Gasteiger partial charge < -0.3 is 15.0 Å². The maximum Gasteiger partial charge on any atom is 0.196 e. The van der Waals surface area contributed by atoms with Crippen molar-refractivity contribution in [2.45, 2.75) is 13.8 Å². The zero-order chi connectivity index (χ0) is 17.8. The van der Waals surface area contributed by atoms with Crippen LogP contribution in [0.5, 0.6) is 5.75 Å². The number of methoxy groups -OCH3 is 1. The van der Waals surface area contributed by atoms with Crippen molar-refractivity contribution in [2.75, 3.05) is 38.6 Å². The predicted octanol–water partition coefficient (Wildman–Crippen LogP) is 4.18. The molecule has 0 radical (unpaired) electrons. The Balaban J connectivity index is 1.90. The smallest absolute Gasteiger partial charge is 0.196 e. The number of benzene rings is 2. The zero-order valence-electron chi connectivity index (χ0n) is 15.0. The molecule has 25 heavy (non-hydrogen) atoms. The zero-order valence-corrected chi connectivity index (χ0v) is 15.8. The van der Waals surface area contributed by atoms with E-state index in [0.717, 1.165) is 52.0 Å². The summed E-state index contributed by atoms with van der Waals surface area (Å²) in [7, 11) is 1.62. The van der Waals surface area contributed by atoms with E-state index in [1.165, 1.54) is 0 Å². The van der Waals surface area contributed by atoms with E-state index in [1.807, 2.05) is 30.3 Å². The first kappa shape index (κ1) is 17.7. The van der Waals surface area contributed by atoms with Crippen LogP contribution in [0.15, 0.2) is 41.2 Å². The molecule has 4 nitrogen and oxygen atoms in total. The quantitative estimate of drug-likeness (QED) is 0.645. The molecule has 2 aromatic carbocycles. The first-order chi connectivity index (χ1) is 12.2. The van der Waals surface area contributed by atoms with E-state index in [9.17, 15) is 4.79 Å². The van der Waals surface area contributed by atoms with Gasteiger partial charge in [0.2, 0.25) is 0 Å². The van der Waals surface area contributed by atoms with Gasteiger partial charge in [0.1, 0.15) is 5.75 Å². The van der Waals surface area contributed by atoms with Crippen LogP contribution < -0.4 is 15.5 Å². The Hall–Kier alpha value is -2.11. The van der Waals surface area contributed by atoms with Gasteiger partial charge in [-0.25, -0.2) is 0 Å². The molecule has 132 valence electrons. The molecule has 0 spiro atoms. The Morgan fingerprint density at radius 1 is 1.04 bits per heavy atom. The fourth-order valence-corrected chi connectivity index (χ4v) is 4.06. The van der Waals surface area contributed by atoms with Gasteiger partial charge in [-0.3, -0.25) is 4.79 Å². The third kappa shape index (κ3) is 3.78. The highest BCUT2D eigenvalue weighted by Gasteiger charge is 2.08. The van der Waals surface area contributed by atoms with Gasteiger partial charge in [0.25, 0.3) is 0 Å². The molecule has 0 amide bonds. The second kappa shape index (κ2) is 7.85. The molecule has 0 aliphatic carbocycles. The fraction of sp³-hybridized carbons (Fsp3) is 0.350. The lowest BCUT2D eigenvalue weighted by atomic mass is 10.1. The molecule has 0 atom stereocenters. The summed E-state index contributed by atoms with van der Waals surface area (Å²) in [5.41, 5.74) is 1.13. The molecule has 1 N–H and O–H groups in total. The molecule has 1 heterocycles. The van der Waals surface area contributed by atoms with Gasteiger partial charge in [-0.1, -0.05) is 13.8 Å². The van der Waals surface area contributed by atoms with Gasteiger partial charge >= 0.3 is 0 Å². The van der Waals surface area contributed by atoms with E-state index in [0.29, 0.717) is 5.75 Å². The van der Waals surface area contributed by atoms with Crippen LogP contribution in [-0.4, -0.2) is 38.2 Å². The molecule has 0 unspecified atom stereocenters. The van der Waals surface area contributed by atoms with Crippen LogP contribution in [0, 0.1) is 0 Å². The number of ether oxygens (including phenoxy) is 1. The van der Waals surface area contributed by atoms with Crippen LogP contribution in [0.3, 0.4) is 0 Å². The van der Waals surface area contributed by atoms with Crippen molar-refractivity contribution in [3.63, 3.8) is 0 Å². The van der Waals surface area contributed by atoms with Crippen LogP contribution in [0.4, 0.5) is 5.69 Å². The van der Waals surface area contributed by atoms with Crippen LogP contribution in [0.2, 0.25) is 0 Å². The lowest BCUT2D eigenvalue weighted by Crippen LogP contribution is -2.28. The minimum absolute atomic E-state index is 0.0670. The van der Waals surface area contributed by atoms with E-state index in [-0.39, 0.29) is 5.43 Å². The van der Waals surface area contributed by atoms with Gasteiger partial charge in [0.05, 0.1) is 7.11 Å². The summed E-state index contributed by atoms with van der Waals surface area (Å²) >= 11 is 1.64. The SMILES string of the molecule is CCN(CC)CCNc1ccc2c(=O)c3cc(OC)ccc3sc2c1. The van der Waals surface area contributed by atoms with Gasteiger partial charge in [-0.2, -0.15) is 0 Å². The molecule has 0 aliphatic rings. The lowest BCUT2D eigenvalue weighted by Gasteiger charge is -2.18. The Morgan fingerprint density at radius 3 is 2.56 bits per heavy atom. The predicted molar refractivity (Wildman–Crippen MR) is 108 cm³/mol. The molecule has 0 aliphatic heterocycles. The molecule has 5 heteroatoms. The highest BCUT2D eigenvalue weighted by atomic mass is 32.1. The molecule has 0 saturated heterocycles. The Kier molecular flexibility index (Phi) is 5.56. The van der Waals surface area contributed by atoms with E-state index in [4.69, 9.17) is 4.74 Å². The van der Waals surface area contributed by atoms with E-state index in [2.05, 4.69) is 30.1 Å². The number of rotatable bonds is 7. The van der Waals surface area contributed by atoms with Crippen molar-refractivity contribution < 1.29 is 4.74 Å². The number of hydrogen-bond acceptors (Lipinski definition) is 5. The number of hydrogen-bond donors (Lipinski definition) is 1. The van der Waals surface area contributed by atoms with Crippen LogP contribution >= 0.6 is 11.3 Å². The summed E-state index contributed by atoms with van der Waals surface area (Å²) in [4.78, 5) is 15.2. The second-order valence-electron chi connectivity index (χ2n) is 5.96. The number of likely N-dealkylation sites (N-methyl/N-ethyl adjacent to an activating group) is 1. The minimum Gasteiger partial charge on any atom is -0.497 e. The van der Waals surface area contributed by atoms with Crippen molar-refractivity contribution in [1.82, 2.24) is 4.90 Å². The van der Waals surface area contributed by atoms with Crippen LogP contribution in [0.25, 0.3) is 20.2 Å². The largest absolute Gasteiger partial charge is 0.497 e. The molecule has 3 rings (SSSR count). The van der Waals surface area contributed by atoms with E-state index in [1.54, 1.807) is 18.4 Å².